The fraction of sp³-hybridized carbons (Fsp3) is 0.500. The highest BCUT2D eigenvalue weighted by molar-refractivity contribution is 6.31. The maximum absolute atomic E-state index is 11.8. The molecule has 0 bridgehead atoms. The van der Waals surface area contributed by atoms with E-state index < -0.39 is 0 Å². The molecule has 2 N–H and O–H groups in total. The van der Waals surface area contributed by atoms with Crippen LogP contribution in [-0.4, -0.2) is 26.3 Å². The van der Waals surface area contributed by atoms with E-state index in [0.29, 0.717) is 18.2 Å². The number of carbonyl (C=O) groups is 1. The zero-order chi connectivity index (χ0) is 14.3. The van der Waals surface area contributed by atoms with Gasteiger partial charge in [-0.1, -0.05) is 31.5 Å². The van der Waals surface area contributed by atoms with Crippen molar-refractivity contribution in [1.82, 2.24) is 5.32 Å². The van der Waals surface area contributed by atoms with Gasteiger partial charge in [-0.15, -0.1) is 0 Å². The molecule has 0 fully saturated rings. The van der Waals surface area contributed by atoms with Crippen molar-refractivity contribution in [2.45, 2.75) is 26.7 Å². The summed E-state index contributed by atoms with van der Waals surface area (Å²) in [5.41, 5.74) is 2.89. The van der Waals surface area contributed by atoms with Crippen LogP contribution < -0.4 is 10.6 Å². The standard InChI is InChI=1S/C14H21ClN2O2/c1-4-10-6-7-12(15)11(5-2)13(10)17-14(18)16-8-9-19-3/h6-7H,4-5,8-9H2,1-3H3,(H2,16,17,18). The van der Waals surface area contributed by atoms with Gasteiger partial charge in [-0.05, 0) is 30.0 Å². The third-order valence-corrected chi connectivity index (χ3v) is 3.26. The summed E-state index contributed by atoms with van der Waals surface area (Å²) in [6, 6.07) is 3.60. The van der Waals surface area contributed by atoms with Gasteiger partial charge in [0, 0.05) is 18.7 Å². The summed E-state index contributed by atoms with van der Waals surface area (Å²) in [5.74, 6) is 0. The zero-order valence-electron chi connectivity index (χ0n) is 11.7. The molecule has 0 spiro atoms. The molecule has 4 nitrogen and oxygen atoms in total. The molecule has 2 amide bonds. The lowest BCUT2D eigenvalue weighted by Crippen LogP contribution is -2.32. The van der Waals surface area contributed by atoms with E-state index in [0.717, 1.165) is 29.7 Å². The quantitative estimate of drug-likeness (QED) is 0.788. The average molecular weight is 285 g/mol. The Morgan fingerprint density at radius 2 is 2.05 bits per heavy atom. The Labute approximate surface area is 119 Å². The molecule has 0 unspecified atom stereocenters. The summed E-state index contributed by atoms with van der Waals surface area (Å²) in [6.07, 6.45) is 1.62. The Bertz CT molecular complexity index is 436. The van der Waals surface area contributed by atoms with Gasteiger partial charge in [0.25, 0.3) is 0 Å². The van der Waals surface area contributed by atoms with Crippen LogP contribution in [0.4, 0.5) is 10.5 Å². The Balaban J connectivity index is 2.86. The van der Waals surface area contributed by atoms with E-state index in [9.17, 15) is 4.79 Å². The van der Waals surface area contributed by atoms with Crippen molar-refractivity contribution in [3.63, 3.8) is 0 Å². The molecule has 0 atom stereocenters. The first-order valence-electron chi connectivity index (χ1n) is 6.48. The summed E-state index contributed by atoms with van der Waals surface area (Å²) in [5, 5.41) is 6.31. The number of hydrogen-bond donors (Lipinski definition) is 2. The summed E-state index contributed by atoms with van der Waals surface area (Å²) < 4.78 is 4.89. The normalized spacial score (nSPS) is 10.3. The predicted octanol–water partition coefficient (Wildman–Crippen LogP) is 3.23. The van der Waals surface area contributed by atoms with Gasteiger partial charge in [-0.25, -0.2) is 4.79 Å². The van der Waals surface area contributed by atoms with Crippen LogP contribution in [0, 0.1) is 0 Å². The molecule has 1 aromatic rings. The molecule has 19 heavy (non-hydrogen) atoms. The topological polar surface area (TPSA) is 50.4 Å². The minimum absolute atomic E-state index is 0.233. The van der Waals surface area contributed by atoms with E-state index in [1.807, 2.05) is 19.1 Å². The van der Waals surface area contributed by atoms with Crippen molar-refractivity contribution in [1.29, 1.82) is 0 Å². The maximum atomic E-state index is 11.8. The first-order valence-corrected chi connectivity index (χ1v) is 6.85. The third kappa shape index (κ3) is 4.40. The number of carbonyl (C=O) groups excluding carboxylic acids is 1. The van der Waals surface area contributed by atoms with Crippen molar-refractivity contribution < 1.29 is 9.53 Å². The van der Waals surface area contributed by atoms with Crippen LogP contribution in [0.2, 0.25) is 5.02 Å². The van der Waals surface area contributed by atoms with Crippen LogP contribution >= 0.6 is 11.6 Å². The average Bonchev–Trinajstić information content (AvgIpc) is 2.39. The molecule has 0 aliphatic rings. The smallest absolute Gasteiger partial charge is 0.319 e. The second-order valence-corrected chi connectivity index (χ2v) is 4.55. The van der Waals surface area contributed by atoms with Crippen molar-refractivity contribution in [3.05, 3.63) is 28.3 Å². The van der Waals surface area contributed by atoms with Gasteiger partial charge in [0.05, 0.1) is 12.3 Å². The first-order chi connectivity index (χ1) is 9.13. The van der Waals surface area contributed by atoms with Gasteiger partial charge in [-0.3, -0.25) is 0 Å². The van der Waals surface area contributed by atoms with Gasteiger partial charge >= 0.3 is 6.03 Å². The number of rotatable bonds is 6. The lowest BCUT2D eigenvalue weighted by Gasteiger charge is -2.16. The number of urea groups is 1. The van der Waals surface area contributed by atoms with Crippen LogP contribution in [-0.2, 0) is 17.6 Å². The largest absolute Gasteiger partial charge is 0.383 e. The number of amides is 2. The zero-order valence-corrected chi connectivity index (χ0v) is 12.4. The number of aryl methyl sites for hydroxylation is 1. The van der Waals surface area contributed by atoms with E-state index in [1.54, 1.807) is 7.11 Å². The Hall–Kier alpha value is -1.26. The molecular weight excluding hydrogens is 264 g/mol. The molecule has 0 aliphatic carbocycles. The number of methoxy groups -OCH3 is 1. The summed E-state index contributed by atoms with van der Waals surface area (Å²) in [7, 11) is 1.60. The summed E-state index contributed by atoms with van der Waals surface area (Å²) >= 11 is 6.18. The second kappa shape index (κ2) is 8.02. The number of hydrogen-bond acceptors (Lipinski definition) is 2. The number of anilines is 1. The van der Waals surface area contributed by atoms with E-state index >= 15 is 0 Å². The lowest BCUT2D eigenvalue weighted by molar-refractivity contribution is 0.198. The molecule has 1 aromatic carbocycles. The van der Waals surface area contributed by atoms with Crippen molar-refractivity contribution >= 4 is 23.3 Å². The molecule has 0 aromatic heterocycles. The van der Waals surface area contributed by atoms with Crippen molar-refractivity contribution in [3.8, 4) is 0 Å². The van der Waals surface area contributed by atoms with E-state index in [2.05, 4.69) is 17.6 Å². The molecule has 0 saturated carbocycles. The van der Waals surface area contributed by atoms with Crippen LogP contribution in [0.5, 0.6) is 0 Å². The molecule has 0 aliphatic heterocycles. The molecule has 0 heterocycles. The van der Waals surface area contributed by atoms with Gasteiger partial charge in [0.15, 0.2) is 0 Å². The number of benzene rings is 1. The fourth-order valence-corrected chi connectivity index (χ4v) is 2.18. The first kappa shape index (κ1) is 15.8. The SMILES string of the molecule is CCc1ccc(Cl)c(CC)c1NC(=O)NCCOC. The van der Waals surface area contributed by atoms with Gasteiger partial charge in [-0.2, -0.15) is 0 Å². The van der Waals surface area contributed by atoms with Gasteiger partial charge < -0.3 is 15.4 Å². The monoisotopic (exact) mass is 284 g/mol. The Kier molecular flexibility index (Phi) is 6.67. The van der Waals surface area contributed by atoms with Crippen molar-refractivity contribution in [2.24, 2.45) is 0 Å². The van der Waals surface area contributed by atoms with E-state index in [-0.39, 0.29) is 6.03 Å². The fourth-order valence-electron chi connectivity index (χ4n) is 1.89. The van der Waals surface area contributed by atoms with Crippen LogP contribution in [0.3, 0.4) is 0 Å². The molecule has 5 heteroatoms. The number of nitrogens with one attached hydrogen (secondary N) is 2. The molecule has 106 valence electrons. The molecule has 1 rings (SSSR count). The summed E-state index contributed by atoms with van der Waals surface area (Å²) in [4.78, 5) is 11.8. The predicted molar refractivity (Wildman–Crippen MR) is 79.1 cm³/mol. The molecule has 0 saturated heterocycles. The Morgan fingerprint density at radius 1 is 1.32 bits per heavy atom. The minimum Gasteiger partial charge on any atom is -0.383 e. The summed E-state index contributed by atoms with van der Waals surface area (Å²) in [6.45, 7) is 5.04. The highest BCUT2D eigenvalue weighted by Crippen LogP contribution is 2.29. The lowest BCUT2D eigenvalue weighted by atomic mass is 10.0. The van der Waals surface area contributed by atoms with Gasteiger partial charge in [0.1, 0.15) is 0 Å². The molecular formula is C14H21ClN2O2. The Morgan fingerprint density at radius 3 is 2.63 bits per heavy atom. The number of halogens is 1. The van der Waals surface area contributed by atoms with Crippen LogP contribution in [0.1, 0.15) is 25.0 Å². The van der Waals surface area contributed by atoms with Crippen molar-refractivity contribution in [2.75, 3.05) is 25.6 Å². The highest BCUT2D eigenvalue weighted by atomic mass is 35.5. The van der Waals surface area contributed by atoms with Crippen LogP contribution in [0.25, 0.3) is 0 Å². The van der Waals surface area contributed by atoms with E-state index in [1.165, 1.54) is 0 Å². The number of ether oxygens (including phenoxy) is 1. The van der Waals surface area contributed by atoms with E-state index in [4.69, 9.17) is 16.3 Å². The maximum Gasteiger partial charge on any atom is 0.319 e. The highest BCUT2D eigenvalue weighted by Gasteiger charge is 2.12. The second-order valence-electron chi connectivity index (χ2n) is 4.14. The minimum atomic E-state index is -0.233. The van der Waals surface area contributed by atoms with Crippen LogP contribution in [0.15, 0.2) is 12.1 Å². The van der Waals surface area contributed by atoms with Gasteiger partial charge in [0.2, 0.25) is 0 Å². The third-order valence-electron chi connectivity index (χ3n) is 2.91. The molecule has 0 radical (unpaired) electrons.